The van der Waals surface area contributed by atoms with E-state index >= 15 is 0 Å². The van der Waals surface area contributed by atoms with Gasteiger partial charge in [0.1, 0.15) is 0 Å². The summed E-state index contributed by atoms with van der Waals surface area (Å²) in [5, 5.41) is 8.88. The van der Waals surface area contributed by atoms with E-state index in [4.69, 9.17) is 5.11 Å². The van der Waals surface area contributed by atoms with Crippen LogP contribution in [0, 0.1) is 0 Å². The molecule has 0 aromatic carbocycles. The van der Waals surface area contributed by atoms with E-state index < -0.39 is 0 Å². The van der Waals surface area contributed by atoms with Crippen LogP contribution in [0.4, 0.5) is 0 Å². The second-order valence-corrected chi connectivity index (χ2v) is 5.67. The van der Waals surface area contributed by atoms with Crippen LogP contribution in [0.15, 0.2) is 0 Å². The van der Waals surface area contributed by atoms with Gasteiger partial charge in [0.15, 0.2) is 0 Å². The number of hydrogen-bond acceptors (Lipinski definition) is 4. The van der Waals surface area contributed by atoms with E-state index in [1.807, 2.05) is 0 Å². The number of likely N-dealkylation sites (tertiary alicyclic amines) is 1. The minimum atomic E-state index is 0.311. The van der Waals surface area contributed by atoms with Gasteiger partial charge in [0.05, 0.1) is 6.61 Å². The maximum absolute atomic E-state index is 8.88. The van der Waals surface area contributed by atoms with E-state index in [9.17, 15) is 0 Å². The van der Waals surface area contributed by atoms with E-state index in [2.05, 4.69) is 21.6 Å². The van der Waals surface area contributed by atoms with E-state index in [1.54, 1.807) is 0 Å². The molecule has 0 atom stereocenters. The number of β-amino-alcohol motifs (C(OH)–C–C–N with tert-alkyl or cyclic N) is 1. The number of aliphatic hydroxyl groups is 1. The normalized spacial score (nSPS) is 27.0. The van der Waals surface area contributed by atoms with Crippen LogP contribution in [0.1, 0.15) is 12.8 Å². The first-order chi connectivity index (χ1) is 7.40. The molecule has 0 saturated carbocycles. The van der Waals surface area contributed by atoms with Crippen molar-refractivity contribution in [1.82, 2.24) is 9.80 Å². The molecule has 0 aromatic heterocycles. The molecule has 88 valence electrons. The van der Waals surface area contributed by atoms with Crippen molar-refractivity contribution in [3.8, 4) is 0 Å². The quantitative estimate of drug-likeness (QED) is 0.763. The van der Waals surface area contributed by atoms with Crippen LogP contribution in [0.25, 0.3) is 0 Å². The smallest absolute Gasteiger partial charge is 0.0558 e. The number of piperidine rings is 1. The first-order valence-corrected chi connectivity index (χ1v) is 7.20. The van der Waals surface area contributed by atoms with Gasteiger partial charge >= 0.3 is 0 Å². The summed E-state index contributed by atoms with van der Waals surface area (Å²) in [5.41, 5.74) is 0. The van der Waals surface area contributed by atoms with Crippen LogP contribution in [0.3, 0.4) is 0 Å². The monoisotopic (exact) mass is 230 g/mol. The Bertz CT molecular complexity index is 177. The summed E-state index contributed by atoms with van der Waals surface area (Å²) in [5.74, 6) is 2.63. The Kier molecular flexibility index (Phi) is 4.75. The molecular formula is C11H22N2OS. The third kappa shape index (κ3) is 3.34. The highest BCUT2D eigenvalue weighted by atomic mass is 32.2. The molecule has 1 N–H and O–H groups in total. The van der Waals surface area contributed by atoms with Crippen molar-refractivity contribution in [2.75, 3.05) is 50.8 Å². The predicted molar refractivity (Wildman–Crippen MR) is 65.4 cm³/mol. The molecule has 2 aliphatic heterocycles. The summed E-state index contributed by atoms with van der Waals surface area (Å²) < 4.78 is 0. The Morgan fingerprint density at radius 3 is 2.33 bits per heavy atom. The maximum Gasteiger partial charge on any atom is 0.0558 e. The predicted octanol–water partition coefficient (Wildman–Crippen LogP) is 0.492. The second-order valence-electron chi connectivity index (χ2n) is 4.44. The number of thioether (sulfide) groups is 1. The van der Waals surface area contributed by atoms with Crippen LogP contribution >= 0.6 is 11.8 Å². The lowest BCUT2D eigenvalue weighted by Crippen LogP contribution is -2.48. The van der Waals surface area contributed by atoms with Crippen molar-refractivity contribution < 1.29 is 5.11 Å². The first kappa shape index (κ1) is 11.7. The molecule has 4 heteroatoms. The highest BCUT2D eigenvalue weighted by Gasteiger charge is 2.25. The van der Waals surface area contributed by atoms with Gasteiger partial charge in [-0.1, -0.05) is 0 Å². The average molecular weight is 230 g/mol. The highest BCUT2D eigenvalue weighted by molar-refractivity contribution is 7.99. The van der Waals surface area contributed by atoms with Gasteiger partial charge in [-0.05, 0) is 25.9 Å². The third-order valence-corrected chi connectivity index (χ3v) is 4.48. The van der Waals surface area contributed by atoms with Crippen molar-refractivity contribution >= 4 is 11.8 Å². The van der Waals surface area contributed by atoms with Crippen molar-refractivity contribution in [2.45, 2.75) is 18.9 Å². The van der Waals surface area contributed by atoms with Crippen LogP contribution in [0.2, 0.25) is 0 Å². The fourth-order valence-electron chi connectivity index (χ4n) is 2.59. The molecule has 3 nitrogen and oxygen atoms in total. The fraction of sp³-hybridized carbons (Fsp3) is 1.00. The second kappa shape index (κ2) is 6.09. The van der Waals surface area contributed by atoms with E-state index in [0.29, 0.717) is 6.61 Å². The summed E-state index contributed by atoms with van der Waals surface area (Å²) in [6.07, 6.45) is 2.59. The topological polar surface area (TPSA) is 26.7 Å². The molecular weight excluding hydrogens is 208 g/mol. The van der Waals surface area contributed by atoms with Crippen molar-refractivity contribution in [3.63, 3.8) is 0 Å². The van der Waals surface area contributed by atoms with Crippen LogP contribution in [0.5, 0.6) is 0 Å². The van der Waals surface area contributed by atoms with Crippen LogP contribution < -0.4 is 0 Å². The average Bonchev–Trinajstić information content (AvgIpc) is 2.32. The molecule has 2 rings (SSSR count). The van der Waals surface area contributed by atoms with E-state index in [1.165, 1.54) is 50.5 Å². The summed E-state index contributed by atoms with van der Waals surface area (Å²) >= 11 is 2.09. The third-order valence-electron chi connectivity index (χ3n) is 3.54. The van der Waals surface area contributed by atoms with Gasteiger partial charge in [0, 0.05) is 37.2 Å². The molecule has 0 amide bonds. The minimum Gasteiger partial charge on any atom is -0.395 e. The SMILES string of the molecule is OCCN1CCC(N2CCSCC2)CC1. The van der Waals surface area contributed by atoms with Crippen molar-refractivity contribution in [3.05, 3.63) is 0 Å². The molecule has 2 aliphatic rings. The molecule has 0 aromatic rings. The van der Waals surface area contributed by atoms with Crippen LogP contribution in [-0.4, -0.2) is 71.8 Å². The lowest BCUT2D eigenvalue weighted by atomic mass is 10.0. The lowest BCUT2D eigenvalue weighted by Gasteiger charge is -2.39. The number of aliphatic hydroxyl groups excluding tert-OH is 1. The Hall–Kier alpha value is 0.230. The summed E-state index contributed by atoms with van der Waals surface area (Å²) in [7, 11) is 0. The molecule has 2 saturated heterocycles. The zero-order valence-electron chi connectivity index (χ0n) is 9.40. The summed E-state index contributed by atoms with van der Waals surface area (Å²) in [6.45, 7) is 6.10. The van der Waals surface area contributed by atoms with Gasteiger partial charge in [-0.2, -0.15) is 11.8 Å². The van der Waals surface area contributed by atoms with E-state index in [-0.39, 0.29) is 0 Å². The molecule has 0 radical (unpaired) electrons. The van der Waals surface area contributed by atoms with Gasteiger partial charge in [0.25, 0.3) is 0 Å². The molecule has 0 unspecified atom stereocenters. The zero-order valence-corrected chi connectivity index (χ0v) is 10.2. The maximum atomic E-state index is 8.88. The number of hydrogen-bond donors (Lipinski definition) is 1. The molecule has 0 aliphatic carbocycles. The summed E-state index contributed by atoms with van der Waals surface area (Å²) in [6, 6.07) is 0.820. The van der Waals surface area contributed by atoms with Crippen LogP contribution in [-0.2, 0) is 0 Å². The molecule has 15 heavy (non-hydrogen) atoms. The first-order valence-electron chi connectivity index (χ1n) is 6.05. The minimum absolute atomic E-state index is 0.311. The Labute approximate surface area is 96.8 Å². The zero-order chi connectivity index (χ0) is 10.5. The van der Waals surface area contributed by atoms with Gasteiger partial charge < -0.3 is 10.0 Å². The molecule has 0 bridgehead atoms. The summed E-state index contributed by atoms with van der Waals surface area (Å²) in [4.78, 5) is 5.06. The van der Waals surface area contributed by atoms with Gasteiger partial charge in [-0.15, -0.1) is 0 Å². The number of rotatable bonds is 3. The van der Waals surface area contributed by atoms with Gasteiger partial charge in [0.2, 0.25) is 0 Å². The lowest BCUT2D eigenvalue weighted by molar-refractivity contribution is 0.103. The van der Waals surface area contributed by atoms with Crippen molar-refractivity contribution in [1.29, 1.82) is 0 Å². The molecule has 2 fully saturated rings. The van der Waals surface area contributed by atoms with Crippen molar-refractivity contribution in [2.24, 2.45) is 0 Å². The van der Waals surface area contributed by atoms with Gasteiger partial charge in [-0.25, -0.2) is 0 Å². The highest BCUT2D eigenvalue weighted by Crippen LogP contribution is 2.20. The Morgan fingerprint density at radius 2 is 1.73 bits per heavy atom. The Balaban J connectivity index is 1.72. The number of nitrogens with zero attached hydrogens (tertiary/aromatic N) is 2. The standard InChI is InChI=1S/C11H22N2OS/c14-8-5-12-3-1-11(2-4-12)13-6-9-15-10-7-13/h11,14H,1-10H2. The van der Waals surface area contributed by atoms with Gasteiger partial charge in [-0.3, -0.25) is 4.90 Å². The molecule has 2 heterocycles. The fourth-order valence-corrected chi connectivity index (χ4v) is 3.52. The van der Waals surface area contributed by atoms with E-state index in [0.717, 1.165) is 12.6 Å². The Morgan fingerprint density at radius 1 is 1.07 bits per heavy atom. The molecule has 0 spiro atoms. The largest absolute Gasteiger partial charge is 0.395 e.